The molecule has 0 radical (unpaired) electrons. The first-order valence-corrected chi connectivity index (χ1v) is 8.69. The van der Waals surface area contributed by atoms with Crippen LogP contribution in [0.3, 0.4) is 0 Å². The second kappa shape index (κ2) is 8.89. The lowest BCUT2D eigenvalue weighted by Crippen LogP contribution is -2.45. The van der Waals surface area contributed by atoms with Gasteiger partial charge in [0.2, 0.25) is 0 Å². The Bertz CT molecular complexity index is 486. The molecule has 0 saturated carbocycles. The number of nitrogens with one attached hydrogen (secondary N) is 1. The van der Waals surface area contributed by atoms with Gasteiger partial charge in [-0.15, -0.1) is 0 Å². The molecule has 0 fully saturated rings. The van der Waals surface area contributed by atoms with Crippen LogP contribution < -0.4 is 5.32 Å². The van der Waals surface area contributed by atoms with E-state index < -0.39 is 0 Å². The molecule has 1 heterocycles. The minimum absolute atomic E-state index is 0.412. The average Bonchev–Trinajstić information content (AvgIpc) is 2.56. The van der Waals surface area contributed by atoms with Crippen LogP contribution in [-0.2, 0) is 6.54 Å². The molecule has 1 aliphatic rings. The van der Waals surface area contributed by atoms with Crippen molar-refractivity contribution in [3.63, 3.8) is 0 Å². The van der Waals surface area contributed by atoms with Crippen molar-refractivity contribution >= 4 is 17.3 Å². The summed E-state index contributed by atoms with van der Waals surface area (Å²) in [6.07, 6.45) is 13.0. The zero-order valence-corrected chi connectivity index (χ0v) is 14.5. The van der Waals surface area contributed by atoms with Gasteiger partial charge in [-0.3, -0.25) is 4.98 Å². The van der Waals surface area contributed by atoms with Crippen LogP contribution in [0.2, 0.25) is 0 Å². The van der Waals surface area contributed by atoms with Crippen LogP contribution in [0.25, 0.3) is 0 Å². The highest BCUT2D eigenvalue weighted by Crippen LogP contribution is 2.20. The van der Waals surface area contributed by atoms with Crippen LogP contribution in [0.5, 0.6) is 0 Å². The van der Waals surface area contributed by atoms with Crippen LogP contribution in [0.15, 0.2) is 36.7 Å². The number of pyridine rings is 1. The lowest BCUT2D eigenvalue weighted by atomic mass is 9.94. The Morgan fingerprint density at radius 1 is 1.50 bits per heavy atom. The van der Waals surface area contributed by atoms with Gasteiger partial charge in [0, 0.05) is 31.5 Å². The average molecular weight is 318 g/mol. The molecule has 1 aromatic rings. The van der Waals surface area contributed by atoms with Crippen LogP contribution in [0, 0.1) is 5.92 Å². The highest BCUT2D eigenvalue weighted by Gasteiger charge is 2.18. The van der Waals surface area contributed by atoms with E-state index in [0.29, 0.717) is 12.0 Å². The SMILES string of the molecule is CC[C@H](C)NC(=S)N(Cc1cccnc1)C[C@H]1CC=CCC1. The molecule has 120 valence electrons. The lowest BCUT2D eigenvalue weighted by molar-refractivity contribution is 0.309. The fraction of sp³-hybridized carbons (Fsp3) is 0.556. The van der Waals surface area contributed by atoms with E-state index >= 15 is 0 Å². The van der Waals surface area contributed by atoms with E-state index in [1.54, 1.807) is 0 Å². The molecule has 0 spiro atoms. The van der Waals surface area contributed by atoms with E-state index in [0.717, 1.165) is 31.0 Å². The second-order valence-electron chi connectivity index (χ2n) is 6.15. The number of nitrogens with zero attached hydrogens (tertiary/aromatic N) is 2. The molecule has 1 aromatic heterocycles. The van der Waals surface area contributed by atoms with Gasteiger partial charge in [0.1, 0.15) is 0 Å². The first-order chi connectivity index (χ1) is 10.7. The van der Waals surface area contributed by atoms with Crippen LogP contribution >= 0.6 is 12.2 Å². The highest BCUT2D eigenvalue weighted by molar-refractivity contribution is 7.80. The maximum absolute atomic E-state index is 5.66. The summed E-state index contributed by atoms with van der Waals surface area (Å²) in [4.78, 5) is 6.53. The quantitative estimate of drug-likeness (QED) is 0.636. The minimum Gasteiger partial charge on any atom is -0.360 e. The number of thiocarbonyl (C=S) groups is 1. The Labute approximate surface area is 139 Å². The third-order valence-corrected chi connectivity index (χ3v) is 4.60. The molecule has 0 aliphatic heterocycles. The van der Waals surface area contributed by atoms with Crippen LogP contribution in [0.4, 0.5) is 0 Å². The zero-order chi connectivity index (χ0) is 15.8. The molecule has 22 heavy (non-hydrogen) atoms. The number of aromatic nitrogens is 1. The summed E-state index contributed by atoms with van der Waals surface area (Å²) in [6, 6.07) is 4.52. The summed E-state index contributed by atoms with van der Waals surface area (Å²) in [5.41, 5.74) is 1.21. The largest absolute Gasteiger partial charge is 0.360 e. The van der Waals surface area contributed by atoms with Crippen molar-refractivity contribution in [2.75, 3.05) is 6.54 Å². The molecular weight excluding hydrogens is 290 g/mol. The standard InChI is InChI=1S/C18H27N3S/c1-3-15(2)20-18(22)21(13-16-8-5-4-6-9-16)14-17-10-7-11-19-12-17/h4-5,7,10-12,15-16H,3,6,8-9,13-14H2,1-2H3,(H,20,22)/t15-,16-/m0/s1. The number of hydrogen-bond donors (Lipinski definition) is 1. The molecule has 0 bridgehead atoms. The van der Waals surface area contributed by atoms with Gasteiger partial charge in [0.05, 0.1) is 0 Å². The Morgan fingerprint density at radius 3 is 3.00 bits per heavy atom. The smallest absolute Gasteiger partial charge is 0.169 e. The molecule has 2 rings (SSSR count). The van der Waals surface area contributed by atoms with E-state index in [-0.39, 0.29) is 0 Å². The molecule has 2 atom stereocenters. The number of rotatable bonds is 6. The van der Waals surface area contributed by atoms with Crippen molar-refractivity contribution in [3.8, 4) is 0 Å². The monoisotopic (exact) mass is 317 g/mol. The Morgan fingerprint density at radius 2 is 2.36 bits per heavy atom. The molecule has 4 heteroatoms. The first-order valence-electron chi connectivity index (χ1n) is 8.28. The number of allylic oxidation sites excluding steroid dienone is 2. The van der Waals surface area contributed by atoms with E-state index in [2.05, 4.69) is 47.3 Å². The van der Waals surface area contributed by atoms with Gasteiger partial charge in [-0.25, -0.2) is 0 Å². The van der Waals surface area contributed by atoms with Crippen molar-refractivity contribution in [1.82, 2.24) is 15.2 Å². The summed E-state index contributed by atoms with van der Waals surface area (Å²) in [5.74, 6) is 0.693. The van der Waals surface area contributed by atoms with Crippen molar-refractivity contribution in [2.24, 2.45) is 5.92 Å². The van der Waals surface area contributed by atoms with Gasteiger partial charge >= 0.3 is 0 Å². The molecule has 1 N–H and O–H groups in total. The minimum atomic E-state index is 0.412. The Kier molecular flexibility index (Phi) is 6.84. The van der Waals surface area contributed by atoms with Gasteiger partial charge in [-0.1, -0.05) is 25.1 Å². The summed E-state index contributed by atoms with van der Waals surface area (Å²) >= 11 is 5.66. The van der Waals surface area contributed by atoms with E-state index in [1.165, 1.54) is 18.4 Å². The summed E-state index contributed by atoms with van der Waals surface area (Å²) in [7, 11) is 0. The molecule has 1 aliphatic carbocycles. The summed E-state index contributed by atoms with van der Waals surface area (Å²) in [6.45, 7) is 6.20. The zero-order valence-electron chi connectivity index (χ0n) is 13.7. The van der Waals surface area contributed by atoms with Crippen molar-refractivity contribution in [3.05, 3.63) is 42.2 Å². The van der Waals surface area contributed by atoms with Crippen molar-refractivity contribution < 1.29 is 0 Å². The third kappa shape index (κ3) is 5.41. The van der Waals surface area contributed by atoms with Crippen LogP contribution in [-0.4, -0.2) is 27.6 Å². The van der Waals surface area contributed by atoms with Crippen molar-refractivity contribution in [2.45, 2.75) is 52.1 Å². The lowest BCUT2D eigenvalue weighted by Gasteiger charge is -2.32. The fourth-order valence-corrected chi connectivity index (χ4v) is 3.01. The van der Waals surface area contributed by atoms with Crippen molar-refractivity contribution in [1.29, 1.82) is 0 Å². The van der Waals surface area contributed by atoms with Gasteiger partial charge in [-0.2, -0.15) is 0 Å². The Hall–Kier alpha value is -1.42. The summed E-state index contributed by atoms with van der Waals surface area (Å²) in [5, 5.41) is 4.33. The maximum Gasteiger partial charge on any atom is 0.169 e. The molecule has 0 amide bonds. The summed E-state index contributed by atoms with van der Waals surface area (Å²) < 4.78 is 0. The predicted octanol–water partition coefficient (Wildman–Crippen LogP) is 3.91. The molecule has 0 unspecified atom stereocenters. The van der Waals surface area contributed by atoms with Gasteiger partial charge < -0.3 is 10.2 Å². The molecule has 3 nitrogen and oxygen atoms in total. The maximum atomic E-state index is 5.66. The predicted molar refractivity (Wildman–Crippen MR) is 96.6 cm³/mol. The normalized spacial score (nSPS) is 18.7. The first kappa shape index (κ1) is 16.9. The highest BCUT2D eigenvalue weighted by atomic mass is 32.1. The van der Waals surface area contributed by atoms with E-state index in [4.69, 9.17) is 12.2 Å². The molecule has 0 saturated heterocycles. The van der Waals surface area contributed by atoms with E-state index in [9.17, 15) is 0 Å². The van der Waals surface area contributed by atoms with Crippen LogP contribution in [0.1, 0.15) is 45.1 Å². The number of hydrogen-bond acceptors (Lipinski definition) is 2. The molecular formula is C18H27N3S. The fourth-order valence-electron chi connectivity index (χ4n) is 2.67. The van der Waals surface area contributed by atoms with E-state index in [1.807, 2.05) is 18.5 Å². The van der Waals surface area contributed by atoms with Gasteiger partial charge in [0.25, 0.3) is 0 Å². The topological polar surface area (TPSA) is 28.2 Å². The second-order valence-corrected chi connectivity index (χ2v) is 6.54. The molecule has 0 aromatic carbocycles. The third-order valence-electron chi connectivity index (χ3n) is 4.22. The van der Waals surface area contributed by atoms with Gasteiger partial charge in [0.15, 0.2) is 5.11 Å². The van der Waals surface area contributed by atoms with Gasteiger partial charge in [-0.05, 0) is 62.4 Å². The Balaban J connectivity index is 2.02.